The molecular formula is C21H22F2N2O2S. The molecule has 0 saturated carbocycles. The summed E-state index contributed by atoms with van der Waals surface area (Å²) in [6.45, 7) is 4.53. The van der Waals surface area contributed by atoms with E-state index in [1.54, 1.807) is 4.90 Å². The van der Waals surface area contributed by atoms with E-state index >= 15 is 0 Å². The lowest BCUT2D eigenvalue weighted by Crippen LogP contribution is -2.48. The van der Waals surface area contributed by atoms with Crippen molar-refractivity contribution >= 4 is 17.7 Å². The van der Waals surface area contributed by atoms with Crippen molar-refractivity contribution in [2.24, 2.45) is 0 Å². The number of thioether (sulfide) groups is 1. The second-order valence-electron chi connectivity index (χ2n) is 7.06. The lowest BCUT2D eigenvalue weighted by atomic mass is 10.1. The largest absolute Gasteiger partial charge is 0.493 e. The van der Waals surface area contributed by atoms with E-state index in [1.807, 2.05) is 6.07 Å². The molecule has 0 aliphatic carbocycles. The van der Waals surface area contributed by atoms with Gasteiger partial charge in [-0.25, -0.2) is 8.78 Å². The molecule has 0 unspecified atom stereocenters. The fraction of sp³-hybridized carbons (Fsp3) is 0.381. The summed E-state index contributed by atoms with van der Waals surface area (Å²) in [7, 11) is 0. The third-order valence-electron chi connectivity index (χ3n) is 5.13. The first-order chi connectivity index (χ1) is 13.6. The van der Waals surface area contributed by atoms with E-state index in [2.05, 4.69) is 17.0 Å². The average Bonchev–Trinajstić information content (AvgIpc) is 3.17. The maximum Gasteiger partial charge on any atom is 0.233 e. The number of piperazine rings is 1. The molecular weight excluding hydrogens is 382 g/mol. The minimum absolute atomic E-state index is 0.0389. The van der Waals surface area contributed by atoms with Crippen molar-refractivity contribution in [1.82, 2.24) is 9.80 Å². The van der Waals surface area contributed by atoms with E-state index in [9.17, 15) is 13.6 Å². The van der Waals surface area contributed by atoms with Gasteiger partial charge in [0.05, 0.1) is 12.4 Å². The Kier molecular flexibility index (Phi) is 5.82. The van der Waals surface area contributed by atoms with E-state index in [-0.39, 0.29) is 16.6 Å². The molecule has 7 heteroatoms. The molecule has 1 amide bonds. The molecule has 2 heterocycles. The predicted octanol–water partition coefficient (Wildman–Crippen LogP) is 3.34. The van der Waals surface area contributed by atoms with Crippen LogP contribution in [-0.2, 0) is 17.8 Å². The van der Waals surface area contributed by atoms with Gasteiger partial charge in [-0.05, 0) is 35.4 Å². The molecule has 4 nitrogen and oxygen atoms in total. The van der Waals surface area contributed by atoms with Gasteiger partial charge in [-0.15, -0.1) is 11.8 Å². The highest BCUT2D eigenvalue weighted by molar-refractivity contribution is 8.00. The second kappa shape index (κ2) is 8.49. The van der Waals surface area contributed by atoms with Gasteiger partial charge in [-0.1, -0.05) is 12.1 Å². The highest BCUT2D eigenvalue weighted by Gasteiger charge is 2.22. The summed E-state index contributed by atoms with van der Waals surface area (Å²) in [5, 5.41) is 0. The van der Waals surface area contributed by atoms with Crippen molar-refractivity contribution in [1.29, 1.82) is 0 Å². The Bertz CT molecular complexity index is 869. The quantitative estimate of drug-likeness (QED) is 0.716. The maximum absolute atomic E-state index is 13.7. The van der Waals surface area contributed by atoms with Crippen LogP contribution < -0.4 is 4.74 Å². The van der Waals surface area contributed by atoms with Crippen molar-refractivity contribution in [2.75, 3.05) is 38.5 Å². The van der Waals surface area contributed by atoms with Crippen LogP contribution in [0.25, 0.3) is 0 Å². The van der Waals surface area contributed by atoms with Gasteiger partial charge >= 0.3 is 0 Å². The van der Waals surface area contributed by atoms with Gasteiger partial charge in [0.25, 0.3) is 0 Å². The number of benzene rings is 2. The zero-order valence-corrected chi connectivity index (χ0v) is 16.3. The van der Waals surface area contributed by atoms with Crippen LogP contribution in [0.4, 0.5) is 8.78 Å². The van der Waals surface area contributed by atoms with Crippen LogP contribution >= 0.6 is 11.8 Å². The molecule has 148 valence electrons. The van der Waals surface area contributed by atoms with Crippen LogP contribution in [-0.4, -0.2) is 54.2 Å². The molecule has 2 aromatic rings. The zero-order chi connectivity index (χ0) is 19.5. The van der Waals surface area contributed by atoms with Gasteiger partial charge in [0.1, 0.15) is 17.4 Å². The molecule has 2 aliphatic rings. The van der Waals surface area contributed by atoms with E-state index in [4.69, 9.17) is 4.74 Å². The van der Waals surface area contributed by atoms with Crippen LogP contribution in [0.15, 0.2) is 41.3 Å². The summed E-state index contributed by atoms with van der Waals surface area (Å²) in [4.78, 5) is 16.7. The highest BCUT2D eigenvalue weighted by Crippen LogP contribution is 2.27. The molecule has 28 heavy (non-hydrogen) atoms. The topological polar surface area (TPSA) is 32.8 Å². The zero-order valence-electron chi connectivity index (χ0n) is 15.5. The van der Waals surface area contributed by atoms with Crippen LogP contribution in [0.3, 0.4) is 0 Å². The molecule has 2 aromatic carbocycles. The second-order valence-corrected chi connectivity index (χ2v) is 8.08. The Morgan fingerprint density at radius 3 is 2.71 bits per heavy atom. The summed E-state index contributed by atoms with van der Waals surface area (Å²) in [6.07, 6.45) is 0.967. The van der Waals surface area contributed by atoms with Gasteiger partial charge in [-0.2, -0.15) is 0 Å². The Morgan fingerprint density at radius 1 is 1.07 bits per heavy atom. The van der Waals surface area contributed by atoms with Gasteiger partial charge in [0.15, 0.2) is 0 Å². The van der Waals surface area contributed by atoms with E-state index in [0.29, 0.717) is 13.1 Å². The number of fused-ring (bicyclic) bond motifs is 1. The number of amides is 1. The maximum atomic E-state index is 13.7. The van der Waals surface area contributed by atoms with Crippen molar-refractivity contribution in [3.8, 4) is 5.75 Å². The Morgan fingerprint density at radius 2 is 1.89 bits per heavy atom. The predicted molar refractivity (Wildman–Crippen MR) is 105 cm³/mol. The molecule has 0 radical (unpaired) electrons. The minimum atomic E-state index is -0.497. The monoisotopic (exact) mass is 404 g/mol. The lowest BCUT2D eigenvalue weighted by molar-refractivity contribution is -0.130. The molecule has 0 aromatic heterocycles. The highest BCUT2D eigenvalue weighted by atomic mass is 32.2. The number of hydrogen-bond donors (Lipinski definition) is 0. The van der Waals surface area contributed by atoms with E-state index in [0.717, 1.165) is 68.4 Å². The van der Waals surface area contributed by atoms with Crippen LogP contribution in [0.1, 0.15) is 11.1 Å². The van der Waals surface area contributed by atoms with Crippen molar-refractivity contribution in [2.45, 2.75) is 17.9 Å². The molecule has 1 saturated heterocycles. The van der Waals surface area contributed by atoms with Crippen molar-refractivity contribution in [3.63, 3.8) is 0 Å². The summed E-state index contributed by atoms with van der Waals surface area (Å²) in [5.74, 6) is 0.0757. The van der Waals surface area contributed by atoms with Gasteiger partial charge < -0.3 is 9.64 Å². The standard InChI is InChI=1S/C21H22F2N2O2S/c22-17-2-3-18(23)20(12-17)28-14-21(26)25-8-6-24(7-9-25)13-15-1-4-19-16(11-15)5-10-27-19/h1-4,11-12H,5-10,13-14H2. The fourth-order valence-corrected chi connectivity index (χ4v) is 4.43. The van der Waals surface area contributed by atoms with Crippen LogP contribution in [0.2, 0.25) is 0 Å². The van der Waals surface area contributed by atoms with Gasteiger partial charge in [-0.3, -0.25) is 9.69 Å². The first-order valence-electron chi connectivity index (χ1n) is 9.41. The number of nitrogens with zero attached hydrogens (tertiary/aromatic N) is 2. The lowest BCUT2D eigenvalue weighted by Gasteiger charge is -2.34. The number of ether oxygens (including phenoxy) is 1. The molecule has 4 rings (SSSR count). The summed E-state index contributed by atoms with van der Waals surface area (Å²) in [6, 6.07) is 9.66. The molecule has 0 spiro atoms. The van der Waals surface area contributed by atoms with Crippen molar-refractivity contribution < 1.29 is 18.3 Å². The normalized spacial score (nSPS) is 16.7. The Balaban J connectivity index is 1.25. The van der Waals surface area contributed by atoms with E-state index in [1.165, 1.54) is 11.1 Å². The third kappa shape index (κ3) is 4.47. The summed E-state index contributed by atoms with van der Waals surface area (Å²) in [5.41, 5.74) is 2.54. The molecule has 2 aliphatic heterocycles. The van der Waals surface area contributed by atoms with Gasteiger partial charge in [0.2, 0.25) is 5.91 Å². The number of halogens is 2. The first kappa shape index (κ1) is 19.2. The molecule has 0 bridgehead atoms. The summed E-state index contributed by atoms with van der Waals surface area (Å²) < 4.78 is 32.5. The molecule has 0 atom stereocenters. The SMILES string of the molecule is O=C(CSc1cc(F)ccc1F)N1CCN(Cc2ccc3c(c2)CCO3)CC1. The minimum Gasteiger partial charge on any atom is -0.493 e. The Hall–Kier alpha value is -2.12. The van der Waals surface area contributed by atoms with Gasteiger partial charge in [0, 0.05) is 44.0 Å². The fourth-order valence-electron chi connectivity index (χ4n) is 3.57. The molecule has 0 N–H and O–H groups in total. The summed E-state index contributed by atoms with van der Waals surface area (Å²) >= 11 is 1.05. The third-order valence-corrected chi connectivity index (χ3v) is 6.14. The number of rotatable bonds is 5. The molecule has 1 fully saturated rings. The first-order valence-corrected chi connectivity index (χ1v) is 10.4. The van der Waals surface area contributed by atoms with Crippen molar-refractivity contribution in [3.05, 3.63) is 59.2 Å². The van der Waals surface area contributed by atoms with E-state index < -0.39 is 11.6 Å². The van der Waals surface area contributed by atoms with Crippen LogP contribution in [0, 0.1) is 11.6 Å². The Labute approximate surface area is 167 Å². The van der Waals surface area contributed by atoms with Crippen LogP contribution in [0.5, 0.6) is 5.75 Å². The number of carbonyl (C=O) groups is 1. The number of hydrogen-bond acceptors (Lipinski definition) is 4. The number of carbonyl (C=O) groups excluding carboxylic acids is 1. The smallest absolute Gasteiger partial charge is 0.233 e. The average molecular weight is 404 g/mol.